The summed E-state index contributed by atoms with van der Waals surface area (Å²) in [6, 6.07) is 16.3. The lowest BCUT2D eigenvalue weighted by Gasteiger charge is -2.27. The van der Waals surface area contributed by atoms with Crippen LogP contribution in [0.25, 0.3) is 0 Å². The molecule has 1 aliphatic rings. The van der Waals surface area contributed by atoms with Crippen molar-refractivity contribution in [2.24, 2.45) is 0 Å². The van der Waals surface area contributed by atoms with Gasteiger partial charge in [0.05, 0.1) is 20.4 Å². The maximum absolute atomic E-state index is 13.9. The molecule has 1 saturated heterocycles. The van der Waals surface area contributed by atoms with Crippen LogP contribution < -0.4 is 9.47 Å². The lowest BCUT2D eigenvalue weighted by Crippen LogP contribution is -2.33. The van der Waals surface area contributed by atoms with E-state index >= 15 is 0 Å². The van der Waals surface area contributed by atoms with E-state index in [2.05, 4.69) is 5.10 Å². The summed E-state index contributed by atoms with van der Waals surface area (Å²) in [6.45, 7) is 1.01. The zero-order chi connectivity index (χ0) is 23.3. The summed E-state index contributed by atoms with van der Waals surface area (Å²) in [5.74, 6) is 1.44. The van der Waals surface area contributed by atoms with Gasteiger partial charge in [-0.15, -0.1) is 0 Å². The molecule has 1 fully saturated rings. The van der Waals surface area contributed by atoms with Crippen LogP contribution in [-0.2, 0) is 27.8 Å². The Kier molecular flexibility index (Phi) is 7.32. The summed E-state index contributed by atoms with van der Waals surface area (Å²) >= 11 is 0. The molecule has 0 N–H and O–H groups in total. The second-order valence-corrected chi connectivity index (χ2v) is 9.79. The number of sulfonamides is 1. The molecule has 33 heavy (non-hydrogen) atoms. The van der Waals surface area contributed by atoms with Gasteiger partial charge in [-0.05, 0) is 60.7 Å². The van der Waals surface area contributed by atoms with Crippen molar-refractivity contribution in [3.63, 3.8) is 0 Å². The predicted molar refractivity (Wildman–Crippen MR) is 123 cm³/mol. The maximum Gasteiger partial charge on any atom is 0.260 e. The molecular formula is C24H29N3O5S. The third-order valence-corrected chi connectivity index (χ3v) is 7.49. The highest BCUT2D eigenvalue weighted by molar-refractivity contribution is 7.89. The van der Waals surface area contributed by atoms with Crippen LogP contribution in [-0.4, -0.2) is 43.3 Å². The fraction of sp³-hybridized carbons (Fsp3) is 0.375. The maximum atomic E-state index is 13.9. The smallest absolute Gasteiger partial charge is 0.260 e. The largest absolute Gasteiger partial charge is 0.497 e. The molecule has 4 rings (SSSR count). The van der Waals surface area contributed by atoms with Crippen molar-refractivity contribution in [3.8, 4) is 11.5 Å². The summed E-state index contributed by atoms with van der Waals surface area (Å²) in [5.41, 5.74) is 1.71. The van der Waals surface area contributed by atoms with Gasteiger partial charge in [0, 0.05) is 19.7 Å². The number of benzene rings is 2. The monoisotopic (exact) mass is 471 g/mol. The number of ether oxygens (including phenoxy) is 3. The van der Waals surface area contributed by atoms with Crippen molar-refractivity contribution in [1.82, 2.24) is 14.1 Å². The van der Waals surface area contributed by atoms with Gasteiger partial charge in [-0.2, -0.15) is 9.40 Å². The molecule has 1 aliphatic heterocycles. The SMILES string of the molecule is COc1ccc(CN(Cc2ccc(OC)cc2)S(=O)(=O)c2ccnn2C2CCCCO2)cc1. The molecular weight excluding hydrogens is 442 g/mol. The summed E-state index contributed by atoms with van der Waals surface area (Å²) in [6.07, 6.45) is 3.83. The normalized spacial score (nSPS) is 16.6. The average Bonchev–Trinajstić information content (AvgIpc) is 3.36. The zero-order valence-corrected chi connectivity index (χ0v) is 19.7. The van der Waals surface area contributed by atoms with Crippen molar-refractivity contribution >= 4 is 10.0 Å². The molecule has 1 atom stereocenters. The van der Waals surface area contributed by atoms with Crippen LogP contribution in [0.15, 0.2) is 65.8 Å². The molecule has 2 heterocycles. The lowest BCUT2D eigenvalue weighted by atomic mass is 10.2. The quantitative estimate of drug-likeness (QED) is 0.469. The molecule has 0 spiro atoms. The number of hydrogen-bond donors (Lipinski definition) is 0. The number of rotatable bonds is 9. The molecule has 176 valence electrons. The fourth-order valence-electron chi connectivity index (χ4n) is 3.87. The standard InChI is InChI=1S/C24H29N3O5S/c1-30-21-10-6-19(7-11-21)17-26(18-20-8-12-22(31-2)13-9-20)33(28,29)24-14-15-25-27(24)23-5-3-4-16-32-23/h6-15,23H,3-5,16-18H2,1-2H3. The predicted octanol–water partition coefficient (Wildman–Crippen LogP) is 3.99. The minimum atomic E-state index is -3.87. The minimum Gasteiger partial charge on any atom is -0.497 e. The van der Waals surface area contributed by atoms with E-state index in [1.807, 2.05) is 48.5 Å². The Morgan fingerprint density at radius 1 is 0.939 bits per heavy atom. The van der Waals surface area contributed by atoms with Crippen LogP contribution in [0.5, 0.6) is 11.5 Å². The molecule has 1 aromatic heterocycles. The molecule has 9 heteroatoms. The number of aromatic nitrogens is 2. The second-order valence-electron chi connectivity index (χ2n) is 7.90. The molecule has 2 aromatic carbocycles. The van der Waals surface area contributed by atoms with Crippen LogP contribution in [0.1, 0.15) is 36.6 Å². The highest BCUT2D eigenvalue weighted by atomic mass is 32.2. The summed E-state index contributed by atoms with van der Waals surface area (Å²) in [4.78, 5) is 0. The van der Waals surface area contributed by atoms with Gasteiger partial charge in [0.1, 0.15) is 11.5 Å². The van der Waals surface area contributed by atoms with Crippen LogP contribution in [0.4, 0.5) is 0 Å². The fourth-order valence-corrected chi connectivity index (χ4v) is 5.40. The van der Waals surface area contributed by atoms with E-state index in [0.717, 1.165) is 41.9 Å². The van der Waals surface area contributed by atoms with E-state index in [-0.39, 0.29) is 24.3 Å². The molecule has 0 aliphatic carbocycles. The molecule has 0 saturated carbocycles. The first kappa shape index (κ1) is 23.3. The minimum absolute atomic E-state index is 0.136. The molecule has 0 amide bonds. The van der Waals surface area contributed by atoms with E-state index in [1.165, 1.54) is 15.2 Å². The van der Waals surface area contributed by atoms with Gasteiger partial charge in [0.2, 0.25) is 0 Å². The summed E-state index contributed by atoms with van der Waals surface area (Å²) < 4.78 is 47.0. The third-order valence-electron chi connectivity index (χ3n) is 5.70. The van der Waals surface area contributed by atoms with Crippen molar-refractivity contribution in [2.45, 2.75) is 43.6 Å². The van der Waals surface area contributed by atoms with Gasteiger partial charge in [-0.25, -0.2) is 13.1 Å². The number of hydrogen-bond acceptors (Lipinski definition) is 6. The molecule has 8 nitrogen and oxygen atoms in total. The highest BCUT2D eigenvalue weighted by Gasteiger charge is 2.31. The van der Waals surface area contributed by atoms with Crippen LogP contribution in [0.3, 0.4) is 0 Å². The second kappa shape index (κ2) is 10.4. The zero-order valence-electron chi connectivity index (χ0n) is 18.9. The van der Waals surface area contributed by atoms with Crippen molar-refractivity contribution in [1.29, 1.82) is 0 Å². The van der Waals surface area contributed by atoms with Crippen molar-refractivity contribution in [3.05, 3.63) is 71.9 Å². The van der Waals surface area contributed by atoms with Crippen molar-refractivity contribution < 1.29 is 22.6 Å². The van der Waals surface area contributed by atoms with Crippen LogP contribution >= 0.6 is 0 Å². The molecule has 0 bridgehead atoms. The Hall–Kier alpha value is -2.88. The Bertz CT molecular complexity index is 1090. The third kappa shape index (κ3) is 5.38. The first-order valence-corrected chi connectivity index (χ1v) is 12.4. The topological polar surface area (TPSA) is 82.9 Å². The van der Waals surface area contributed by atoms with Crippen molar-refractivity contribution in [2.75, 3.05) is 20.8 Å². The van der Waals surface area contributed by atoms with Crippen LogP contribution in [0, 0.1) is 0 Å². The number of nitrogens with zero attached hydrogens (tertiary/aromatic N) is 3. The molecule has 0 radical (unpaired) electrons. The van der Waals surface area contributed by atoms with E-state index in [9.17, 15) is 8.42 Å². The van der Waals surface area contributed by atoms with Crippen LogP contribution in [0.2, 0.25) is 0 Å². The van der Waals surface area contributed by atoms with Gasteiger partial charge < -0.3 is 14.2 Å². The molecule has 1 unspecified atom stereocenters. The average molecular weight is 472 g/mol. The van der Waals surface area contributed by atoms with E-state index in [0.29, 0.717) is 6.61 Å². The van der Waals surface area contributed by atoms with Gasteiger partial charge in [0.15, 0.2) is 11.3 Å². The number of methoxy groups -OCH3 is 2. The molecule has 3 aromatic rings. The van der Waals surface area contributed by atoms with Gasteiger partial charge in [-0.1, -0.05) is 24.3 Å². The first-order valence-electron chi connectivity index (χ1n) is 10.9. The first-order chi connectivity index (χ1) is 16.0. The van der Waals surface area contributed by atoms with E-state index in [1.54, 1.807) is 20.3 Å². The van der Waals surface area contributed by atoms with Gasteiger partial charge in [-0.3, -0.25) is 0 Å². The highest BCUT2D eigenvalue weighted by Crippen LogP contribution is 2.28. The Balaban J connectivity index is 1.67. The Morgan fingerprint density at radius 2 is 1.52 bits per heavy atom. The Labute approximate surface area is 194 Å². The van der Waals surface area contributed by atoms with Gasteiger partial charge in [0.25, 0.3) is 10.0 Å². The summed E-state index contributed by atoms with van der Waals surface area (Å²) in [7, 11) is -0.672. The summed E-state index contributed by atoms with van der Waals surface area (Å²) in [5, 5.41) is 4.44. The van der Waals surface area contributed by atoms with E-state index in [4.69, 9.17) is 14.2 Å². The van der Waals surface area contributed by atoms with Gasteiger partial charge >= 0.3 is 0 Å². The van der Waals surface area contributed by atoms with E-state index < -0.39 is 10.0 Å². The Morgan fingerprint density at radius 3 is 2.00 bits per heavy atom. The lowest BCUT2D eigenvalue weighted by molar-refractivity contribution is -0.0450.